The second-order valence-corrected chi connectivity index (χ2v) is 5.87. The third kappa shape index (κ3) is 1.52. The molecule has 3 rings (SSSR count). The lowest BCUT2D eigenvalue weighted by molar-refractivity contribution is 0.630. The summed E-state index contributed by atoms with van der Waals surface area (Å²) in [5, 5.41) is 4.47. The molecule has 14 heavy (non-hydrogen) atoms. The Morgan fingerprint density at radius 2 is 2.14 bits per heavy atom. The summed E-state index contributed by atoms with van der Waals surface area (Å²) < 4.78 is 4.37. The van der Waals surface area contributed by atoms with Gasteiger partial charge >= 0.3 is 0 Å². The van der Waals surface area contributed by atoms with Crippen molar-refractivity contribution in [2.45, 2.75) is 45.1 Å². The highest BCUT2D eigenvalue weighted by atomic mass is 32.1. The Morgan fingerprint density at radius 3 is 2.71 bits per heavy atom. The summed E-state index contributed by atoms with van der Waals surface area (Å²) >= 11 is 1.51. The largest absolute Gasteiger partial charge is 0.357 e. The molecule has 3 nitrogen and oxygen atoms in total. The van der Waals surface area contributed by atoms with Crippen molar-refractivity contribution in [2.75, 3.05) is 5.32 Å². The average Bonchev–Trinajstić information content (AvgIpc) is 2.98. The van der Waals surface area contributed by atoms with Crippen molar-refractivity contribution in [3.63, 3.8) is 0 Å². The maximum Gasteiger partial charge on any atom is 0.202 e. The number of aromatic nitrogens is 2. The van der Waals surface area contributed by atoms with E-state index in [1.165, 1.54) is 30.8 Å². The molecule has 2 aliphatic carbocycles. The van der Waals surface area contributed by atoms with E-state index in [0.717, 1.165) is 11.0 Å². The molecular weight excluding hydrogens is 194 g/mol. The van der Waals surface area contributed by atoms with Crippen LogP contribution in [-0.2, 0) is 0 Å². The molecule has 0 aliphatic heterocycles. The van der Waals surface area contributed by atoms with Gasteiger partial charge in [0, 0.05) is 23.5 Å². The van der Waals surface area contributed by atoms with Gasteiger partial charge < -0.3 is 5.32 Å². The van der Waals surface area contributed by atoms with Gasteiger partial charge in [0.15, 0.2) is 0 Å². The fourth-order valence-electron chi connectivity index (χ4n) is 1.66. The van der Waals surface area contributed by atoms with Crippen molar-refractivity contribution in [2.24, 2.45) is 5.41 Å². The number of nitrogens with zero attached hydrogens (tertiary/aromatic N) is 2. The third-order valence-electron chi connectivity index (χ3n) is 3.20. The zero-order valence-electron chi connectivity index (χ0n) is 8.58. The molecule has 0 bridgehead atoms. The van der Waals surface area contributed by atoms with Gasteiger partial charge in [-0.3, -0.25) is 0 Å². The van der Waals surface area contributed by atoms with E-state index in [1.807, 2.05) is 0 Å². The first-order valence-electron chi connectivity index (χ1n) is 5.25. The molecule has 1 aromatic rings. The number of hydrogen-bond acceptors (Lipinski definition) is 4. The molecule has 1 heterocycles. The lowest BCUT2D eigenvalue weighted by Crippen LogP contribution is -2.07. The van der Waals surface area contributed by atoms with E-state index in [-0.39, 0.29) is 0 Å². The van der Waals surface area contributed by atoms with Crippen LogP contribution >= 0.6 is 11.5 Å². The maximum absolute atomic E-state index is 4.51. The van der Waals surface area contributed by atoms with Crippen LogP contribution in [0, 0.1) is 5.41 Å². The first kappa shape index (κ1) is 8.65. The normalized spacial score (nSPS) is 28.9. The SMILES string of the molecule is CC1(C)CC1Nc1nc(C2CC2)ns1. The molecule has 1 atom stereocenters. The Balaban J connectivity index is 1.66. The topological polar surface area (TPSA) is 37.8 Å². The van der Waals surface area contributed by atoms with E-state index >= 15 is 0 Å². The molecule has 76 valence electrons. The summed E-state index contributed by atoms with van der Waals surface area (Å²) in [6.07, 6.45) is 3.82. The minimum atomic E-state index is 0.464. The van der Waals surface area contributed by atoms with Gasteiger partial charge in [0.05, 0.1) is 0 Å². The van der Waals surface area contributed by atoms with Crippen LogP contribution < -0.4 is 5.32 Å². The number of anilines is 1. The monoisotopic (exact) mass is 209 g/mol. The summed E-state index contributed by atoms with van der Waals surface area (Å²) in [5.41, 5.74) is 0.464. The van der Waals surface area contributed by atoms with Gasteiger partial charge in [0.2, 0.25) is 5.13 Å². The van der Waals surface area contributed by atoms with Gasteiger partial charge in [-0.05, 0) is 24.7 Å². The summed E-state index contributed by atoms with van der Waals surface area (Å²) in [4.78, 5) is 4.51. The van der Waals surface area contributed by atoms with Crippen molar-refractivity contribution in [3.8, 4) is 0 Å². The van der Waals surface area contributed by atoms with Gasteiger partial charge in [0.1, 0.15) is 5.82 Å². The van der Waals surface area contributed by atoms with Gasteiger partial charge in [-0.25, -0.2) is 4.98 Å². The lowest BCUT2D eigenvalue weighted by atomic mass is 10.2. The van der Waals surface area contributed by atoms with E-state index in [2.05, 4.69) is 28.5 Å². The Morgan fingerprint density at radius 1 is 1.43 bits per heavy atom. The molecule has 1 N–H and O–H groups in total. The highest BCUT2D eigenvalue weighted by Crippen LogP contribution is 2.47. The molecule has 4 heteroatoms. The summed E-state index contributed by atoms with van der Waals surface area (Å²) in [5.74, 6) is 1.74. The molecule has 0 spiro atoms. The third-order valence-corrected chi connectivity index (χ3v) is 3.86. The van der Waals surface area contributed by atoms with E-state index in [1.54, 1.807) is 0 Å². The Kier molecular flexibility index (Phi) is 1.66. The second-order valence-electron chi connectivity index (χ2n) is 5.12. The summed E-state index contributed by atoms with van der Waals surface area (Å²) in [7, 11) is 0. The molecule has 0 radical (unpaired) electrons. The van der Waals surface area contributed by atoms with Gasteiger partial charge in [-0.2, -0.15) is 4.37 Å². The molecule has 1 unspecified atom stereocenters. The first-order valence-corrected chi connectivity index (χ1v) is 6.03. The molecule has 2 fully saturated rings. The van der Waals surface area contributed by atoms with Crippen LogP contribution in [-0.4, -0.2) is 15.4 Å². The van der Waals surface area contributed by atoms with Crippen LogP contribution in [0.3, 0.4) is 0 Å². The molecule has 0 aromatic carbocycles. The van der Waals surface area contributed by atoms with E-state index < -0.39 is 0 Å². The van der Waals surface area contributed by atoms with Gasteiger partial charge in [-0.1, -0.05) is 13.8 Å². The maximum atomic E-state index is 4.51. The van der Waals surface area contributed by atoms with Crippen LogP contribution in [0.1, 0.15) is 44.9 Å². The zero-order chi connectivity index (χ0) is 9.76. The van der Waals surface area contributed by atoms with Crippen LogP contribution in [0.15, 0.2) is 0 Å². The molecule has 1 aromatic heterocycles. The smallest absolute Gasteiger partial charge is 0.202 e. The highest BCUT2D eigenvalue weighted by molar-refractivity contribution is 7.09. The van der Waals surface area contributed by atoms with E-state index in [9.17, 15) is 0 Å². The summed E-state index contributed by atoms with van der Waals surface area (Å²) in [6.45, 7) is 4.57. The van der Waals surface area contributed by atoms with Crippen molar-refractivity contribution >= 4 is 16.7 Å². The predicted octanol–water partition coefficient (Wildman–Crippen LogP) is 2.63. The second kappa shape index (κ2) is 2.69. The van der Waals surface area contributed by atoms with Crippen molar-refractivity contribution in [1.82, 2.24) is 9.36 Å². The Hall–Kier alpha value is -0.640. The minimum absolute atomic E-state index is 0.464. The predicted molar refractivity (Wildman–Crippen MR) is 57.7 cm³/mol. The van der Waals surface area contributed by atoms with Crippen LogP contribution in [0.2, 0.25) is 0 Å². The quantitative estimate of drug-likeness (QED) is 0.831. The molecular formula is C10H15N3S. The molecule has 0 saturated heterocycles. The van der Waals surface area contributed by atoms with Crippen LogP contribution in [0.25, 0.3) is 0 Å². The van der Waals surface area contributed by atoms with Gasteiger partial charge in [-0.15, -0.1) is 0 Å². The minimum Gasteiger partial charge on any atom is -0.357 e. The van der Waals surface area contributed by atoms with Gasteiger partial charge in [0.25, 0.3) is 0 Å². The van der Waals surface area contributed by atoms with Crippen molar-refractivity contribution < 1.29 is 0 Å². The Bertz CT molecular complexity index is 354. The van der Waals surface area contributed by atoms with E-state index in [0.29, 0.717) is 17.4 Å². The zero-order valence-corrected chi connectivity index (χ0v) is 9.40. The van der Waals surface area contributed by atoms with Crippen molar-refractivity contribution in [1.29, 1.82) is 0 Å². The standard InChI is InChI=1S/C10H15N3S/c1-10(2)5-7(10)11-9-12-8(13-14-9)6-3-4-6/h6-7H,3-5H2,1-2H3,(H,11,12,13). The number of rotatable bonds is 3. The van der Waals surface area contributed by atoms with Crippen LogP contribution in [0.4, 0.5) is 5.13 Å². The number of hydrogen-bond donors (Lipinski definition) is 1. The van der Waals surface area contributed by atoms with Crippen LogP contribution in [0.5, 0.6) is 0 Å². The average molecular weight is 209 g/mol. The fourth-order valence-corrected chi connectivity index (χ4v) is 2.36. The Labute approximate surface area is 88.1 Å². The molecule has 2 aliphatic rings. The molecule has 2 saturated carbocycles. The highest BCUT2D eigenvalue weighted by Gasteiger charge is 2.46. The van der Waals surface area contributed by atoms with Crippen molar-refractivity contribution in [3.05, 3.63) is 5.82 Å². The molecule has 0 amide bonds. The summed E-state index contributed by atoms with van der Waals surface area (Å²) in [6, 6.07) is 0.613. The lowest BCUT2D eigenvalue weighted by Gasteiger charge is -2.02. The number of nitrogens with one attached hydrogen (secondary N) is 1. The fraction of sp³-hybridized carbons (Fsp3) is 0.800. The van der Waals surface area contributed by atoms with E-state index in [4.69, 9.17) is 0 Å². The first-order chi connectivity index (χ1) is 6.65.